The van der Waals surface area contributed by atoms with E-state index >= 15 is 0 Å². The molecule has 0 bridgehead atoms. The Morgan fingerprint density at radius 2 is 2.17 bits per heavy atom. The summed E-state index contributed by atoms with van der Waals surface area (Å²) in [5.74, 6) is -0.0861. The Morgan fingerprint density at radius 1 is 1.44 bits per heavy atom. The fourth-order valence-electron chi connectivity index (χ4n) is 2.01. The number of carbonyl (C=O) groups excluding carboxylic acids is 1. The summed E-state index contributed by atoms with van der Waals surface area (Å²) in [5.41, 5.74) is 2.58. The molecular formula is C13H17N3OS. The summed E-state index contributed by atoms with van der Waals surface area (Å²) in [5, 5.41) is 9.63. The van der Waals surface area contributed by atoms with Gasteiger partial charge in [-0.3, -0.25) is 9.89 Å². The van der Waals surface area contributed by atoms with Gasteiger partial charge in [-0.2, -0.15) is 5.10 Å². The van der Waals surface area contributed by atoms with E-state index in [0.29, 0.717) is 5.56 Å². The van der Waals surface area contributed by atoms with Crippen molar-refractivity contribution in [1.29, 1.82) is 0 Å². The summed E-state index contributed by atoms with van der Waals surface area (Å²) < 4.78 is 0. The Bertz CT molecular complexity index is 571. The first-order valence-corrected chi connectivity index (χ1v) is 6.68. The Kier molecular flexibility index (Phi) is 3.52. The number of nitrogens with zero attached hydrogens (tertiary/aromatic N) is 1. The molecule has 2 aromatic heterocycles. The van der Waals surface area contributed by atoms with Gasteiger partial charge in [0, 0.05) is 15.4 Å². The Balaban J connectivity index is 2.13. The van der Waals surface area contributed by atoms with Gasteiger partial charge in [0.2, 0.25) is 0 Å². The summed E-state index contributed by atoms with van der Waals surface area (Å²) in [7, 11) is 0. The predicted octanol–water partition coefficient (Wildman–Crippen LogP) is 2.89. The van der Waals surface area contributed by atoms with Gasteiger partial charge in [0.25, 0.3) is 5.91 Å². The first-order valence-electron chi connectivity index (χ1n) is 5.86. The van der Waals surface area contributed by atoms with Gasteiger partial charge in [-0.05, 0) is 39.3 Å². The number of aromatic amines is 1. The maximum Gasteiger partial charge on any atom is 0.255 e. The fraction of sp³-hybridized carbons (Fsp3) is 0.385. The number of hydrogen-bond donors (Lipinski definition) is 2. The van der Waals surface area contributed by atoms with Crippen molar-refractivity contribution in [3.8, 4) is 0 Å². The second-order valence-corrected chi connectivity index (χ2v) is 5.93. The molecule has 1 unspecified atom stereocenters. The maximum atomic E-state index is 12.1. The molecule has 18 heavy (non-hydrogen) atoms. The minimum absolute atomic E-state index is 0.0109. The van der Waals surface area contributed by atoms with Crippen LogP contribution in [0.25, 0.3) is 0 Å². The van der Waals surface area contributed by atoms with Crippen molar-refractivity contribution >= 4 is 17.2 Å². The molecule has 0 saturated carbocycles. The van der Waals surface area contributed by atoms with Gasteiger partial charge in [0.05, 0.1) is 17.8 Å². The highest BCUT2D eigenvalue weighted by molar-refractivity contribution is 7.12. The maximum absolute atomic E-state index is 12.1. The Hall–Kier alpha value is -1.62. The number of hydrogen-bond acceptors (Lipinski definition) is 3. The Morgan fingerprint density at radius 3 is 2.67 bits per heavy atom. The van der Waals surface area contributed by atoms with Crippen LogP contribution in [0.3, 0.4) is 0 Å². The van der Waals surface area contributed by atoms with E-state index < -0.39 is 0 Å². The van der Waals surface area contributed by atoms with Crippen molar-refractivity contribution in [3.63, 3.8) is 0 Å². The summed E-state index contributed by atoms with van der Waals surface area (Å²) in [6, 6.07) is 2.14. The molecule has 0 aromatic carbocycles. The minimum Gasteiger partial charge on any atom is -0.345 e. The zero-order valence-corrected chi connectivity index (χ0v) is 11.8. The molecule has 4 nitrogen and oxygen atoms in total. The molecule has 96 valence electrons. The quantitative estimate of drug-likeness (QED) is 0.894. The monoisotopic (exact) mass is 263 g/mol. The minimum atomic E-state index is -0.0861. The van der Waals surface area contributed by atoms with Crippen molar-refractivity contribution in [2.24, 2.45) is 0 Å². The summed E-state index contributed by atoms with van der Waals surface area (Å²) in [6.45, 7) is 8.00. The molecule has 0 fully saturated rings. The van der Waals surface area contributed by atoms with Crippen LogP contribution in [0.5, 0.6) is 0 Å². The molecule has 1 amide bonds. The lowest BCUT2D eigenvalue weighted by molar-refractivity contribution is 0.0939. The lowest BCUT2D eigenvalue weighted by Crippen LogP contribution is -2.27. The predicted molar refractivity (Wildman–Crippen MR) is 73.0 cm³/mol. The fourth-order valence-corrected chi connectivity index (χ4v) is 3.03. The van der Waals surface area contributed by atoms with Crippen molar-refractivity contribution in [1.82, 2.24) is 15.5 Å². The number of amides is 1. The average molecular weight is 263 g/mol. The lowest BCUT2D eigenvalue weighted by atomic mass is 10.1. The molecule has 0 radical (unpaired) electrons. The zero-order valence-electron chi connectivity index (χ0n) is 11.0. The molecule has 2 heterocycles. The number of carbonyl (C=O) groups is 1. The molecule has 0 saturated heterocycles. The molecule has 1 atom stereocenters. The molecule has 2 aromatic rings. The van der Waals surface area contributed by atoms with Crippen LogP contribution in [0.4, 0.5) is 0 Å². The first-order chi connectivity index (χ1) is 8.49. The normalized spacial score (nSPS) is 12.4. The van der Waals surface area contributed by atoms with Gasteiger partial charge < -0.3 is 5.32 Å². The average Bonchev–Trinajstić information content (AvgIpc) is 2.84. The van der Waals surface area contributed by atoms with Crippen molar-refractivity contribution in [3.05, 3.63) is 38.8 Å². The smallest absolute Gasteiger partial charge is 0.255 e. The van der Waals surface area contributed by atoms with Crippen LogP contribution in [-0.4, -0.2) is 16.1 Å². The third-order valence-corrected chi connectivity index (χ3v) is 3.95. The van der Waals surface area contributed by atoms with E-state index in [1.165, 1.54) is 15.3 Å². The summed E-state index contributed by atoms with van der Waals surface area (Å²) in [4.78, 5) is 14.6. The number of nitrogens with one attached hydrogen (secondary N) is 2. The lowest BCUT2D eigenvalue weighted by Gasteiger charge is -2.13. The molecular weight excluding hydrogens is 246 g/mol. The highest BCUT2D eigenvalue weighted by Crippen LogP contribution is 2.26. The molecule has 0 aliphatic carbocycles. The number of H-pyrrole nitrogens is 1. The van der Waals surface area contributed by atoms with Gasteiger partial charge >= 0.3 is 0 Å². The van der Waals surface area contributed by atoms with E-state index in [4.69, 9.17) is 0 Å². The second kappa shape index (κ2) is 4.94. The molecule has 0 aliphatic rings. The molecule has 0 aliphatic heterocycles. The van der Waals surface area contributed by atoms with E-state index in [0.717, 1.165) is 5.69 Å². The molecule has 5 heteroatoms. The number of thiophene rings is 1. The Labute approximate surface area is 110 Å². The third-order valence-electron chi connectivity index (χ3n) is 2.97. The number of aromatic nitrogens is 2. The van der Waals surface area contributed by atoms with Gasteiger partial charge in [0.1, 0.15) is 0 Å². The van der Waals surface area contributed by atoms with Crippen LogP contribution in [0, 0.1) is 20.8 Å². The highest BCUT2D eigenvalue weighted by Gasteiger charge is 2.16. The summed E-state index contributed by atoms with van der Waals surface area (Å²) >= 11 is 1.76. The zero-order chi connectivity index (χ0) is 13.3. The van der Waals surface area contributed by atoms with Crippen molar-refractivity contribution in [2.45, 2.75) is 33.7 Å². The van der Waals surface area contributed by atoms with Gasteiger partial charge in [-0.25, -0.2) is 0 Å². The van der Waals surface area contributed by atoms with E-state index in [1.54, 1.807) is 17.5 Å². The highest BCUT2D eigenvalue weighted by atomic mass is 32.1. The van der Waals surface area contributed by atoms with Crippen molar-refractivity contribution in [2.75, 3.05) is 0 Å². The van der Waals surface area contributed by atoms with Gasteiger partial charge in [-0.15, -0.1) is 11.3 Å². The first kappa shape index (κ1) is 12.8. The molecule has 2 N–H and O–H groups in total. The van der Waals surface area contributed by atoms with E-state index in [-0.39, 0.29) is 11.9 Å². The van der Waals surface area contributed by atoms with Crippen LogP contribution in [0.15, 0.2) is 12.3 Å². The topological polar surface area (TPSA) is 57.8 Å². The van der Waals surface area contributed by atoms with Crippen LogP contribution < -0.4 is 5.32 Å². The van der Waals surface area contributed by atoms with Crippen LogP contribution in [0.2, 0.25) is 0 Å². The van der Waals surface area contributed by atoms with Crippen molar-refractivity contribution < 1.29 is 4.79 Å². The van der Waals surface area contributed by atoms with Crippen LogP contribution >= 0.6 is 11.3 Å². The SMILES string of the molecule is Cc1cc(C(C)NC(=O)c2cn[nH]c2C)c(C)s1. The van der Waals surface area contributed by atoms with Crippen LogP contribution in [-0.2, 0) is 0 Å². The van der Waals surface area contributed by atoms with Gasteiger partial charge in [-0.1, -0.05) is 0 Å². The largest absolute Gasteiger partial charge is 0.345 e. The molecule has 0 spiro atoms. The second-order valence-electron chi connectivity index (χ2n) is 4.47. The van der Waals surface area contributed by atoms with Gasteiger partial charge in [0.15, 0.2) is 0 Å². The van der Waals surface area contributed by atoms with E-state index in [2.05, 4.69) is 35.4 Å². The third kappa shape index (κ3) is 2.46. The number of aryl methyl sites for hydroxylation is 3. The van der Waals surface area contributed by atoms with E-state index in [9.17, 15) is 4.79 Å². The number of rotatable bonds is 3. The van der Waals surface area contributed by atoms with Crippen LogP contribution in [0.1, 0.15) is 44.3 Å². The summed E-state index contributed by atoms with van der Waals surface area (Å²) in [6.07, 6.45) is 1.56. The standard InChI is InChI=1S/C13H17N3OS/c1-7-5-11(10(4)18-7)8(2)15-13(17)12-6-14-16-9(12)3/h5-6,8H,1-4H3,(H,14,16)(H,15,17). The van der Waals surface area contributed by atoms with E-state index in [1.807, 2.05) is 13.8 Å². The molecule has 2 rings (SSSR count).